The van der Waals surface area contributed by atoms with Crippen molar-refractivity contribution in [2.45, 2.75) is 38.3 Å². The van der Waals surface area contributed by atoms with Crippen molar-refractivity contribution < 1.29 is 32.2 Å². The molecule has 0 aliphatic heterocycles. The summed E-state index contributed by atoms with van der Waals surface area (Å²) in [7, 11) is 1.52. The maximum atomic E-state index is 13.8. The molecule has 1 heterocycles. The summed E-state index contributed by atoms with van der Waals surface area (Å²) in [6, 6.07) is 12.7. The van der Waals surface area contributed by atoms with E-state index in [1.807, 2.05) is 0 Å². The first-order chi connectivity index (χ1) is 19.2. The average Bonchev–Trinajstić information content (AvgIpc) is 2.90. The van der Waals surface area contributed by atoms with E-state index in [0.717, 1.165) is 12.2 Å². The molecule has 0 aliphatic rings. The molecule has 3 rings (SSSR count). The molecule has 0 fully saturated rings. The Morgan fingerprint density at radius 1 is 1.12 bits per heavy atom. The largest absolute Gasteiger partial charge is 0.495 e. The van der Waals surface area contributed by atoms with Gasteiger partial charge in [-0.25, -0.2) is 0 Å². The number of rotatable bonds is 9. The Kier molecular flexibility index (Phi) is 9.84. The third-order valence-corrected chi connectivity index (χ3v) is 8.25. The normalized spacial score (nSPS) is 11.5. The van der Waals surface area contributed by atoms with E-state index in [1.165, 1.54) is 31.2 Å². The molecule has 0 bridgehead atoms. The van der Waals surface area contributed by atoms with Crippen molar-refractivity contribution in [3.8, 4) is 22.9 Å². The zero-order chi connectivity index (χ0) is 30.5. The van der Waals surface area contributed by atoms with E-state index >= 15 is 0 Å². The van der Waals surface area contributed by atoms with Crippen LogP contribution in [0, 0.1) is 11.3 Å². The zero-order valence-electron chi connectivity index (χ0n) is 23.2. The second-order valence-corrected chi connectivity index (χ2v) is 16.5. The summed E-state index contributed by atoms with van der Waals surface area (Å²) in [4.78, 5) is 31.4. The number of alkyl halides is 3. The molecule has 216 valence electrons. The number of nitrogens with zero attached hydrogens (tertiary/aromatic N) is 3. The predicted molar refractivity (Wildman–Crippen MR) is 153 cm³/mol. The van der Waals surface area contributed by atoms with Crippen molar-refractivity contribution in [2.24, 2.45) is 0 Å². The van der Waals surface area contributed by atoms with Gasteiger partial charge in [0.05, 0.1) is 37.5 Å². The summed E-state index contributed by atoms with van der Waals surface area (Å²) in [5.41, 5.74) is -0.719. The number of ether oxygens (including phenoxy) is 2. The smallest absolute Gasteiger partial charge is 0.433 e. The molecule has 3 aromatic rings. The molecule has 0 radical (unpaired) electrons. The van der Waals surface area contributed by atoms with E-state index in [0.29, 0.717) is 17.5 Å². The summed E-state index contributed by atoms with van der Waals surface area (Å²) < 4.78 is 50.5. The van der Waals surface area contributed by atoms with E-state index in [1.54, 1.807) is 30.3 Å². The summed E-state index contributed by atoms with van der Waals surface area (Å²) in [5.74, 6) is -0.686. The maximum Gasteiger partial charge on any atom is 0.433 e. The number of pyridine rings is 1. The minimum atomic E-state index is -4.76. The van der Waals surface area contributed by atoms with Gasteiger partial charge in [-0.05, 0) is 41.9 Å². The molecule has 2 aromatic carbocycles. The molecule has 0 N–H and O–H groups in total. The molecule has 12 heteroatoms. The SMILES string of the molecule is COc1ccccc1N(C)C(=O)c1cc(-c2cnc(C(F)(F)F)cc2C#N)c(Cl)cc1CC(=O)OCC[Si](C)(C)C. The van der Waals surface area contributed by atoms with Crippen molar-refractivity contribution in [3.05, 3.63) is 76.1 Å². The minimum Gasteiger partial charge on any atom is -0.495 e. The summed E-state index contributed by atoms with van der Waals surface area (Å²) >= 11 is 6.54. The van der Waals surface area contributed by atoms with Crippen LogP contribution in [0.15, 0.2) is 48.7 Å². The van der Waals surface area contributed by atoms with Gasteiger partial charge in [-0.2, -0.15) is 18.4 Å². The van der Waals surface area contributed by atoms with Gasteiger partial charge >= 0.3 is 12.1 Å². The van der Waals surface area contributed by atoms with Crippen molar-refractivity contribution in [1.29, 1.82) is 5.26 Å². The zero-order valence-corrected chi connectivity index (χ0v) is 25.0. The summed E-state index contributed by atoms with van der Waals surface area (Å²) in [5, 5.41) is 9.63. The third kappa shape index (κ3) is 7.86. The number of methoxy groups -OCH3 is 1. The lowest BCUT2D eigenvalue weighted by molar-refractivity contribution is -0.142. The number of halogens is 4. The Morgan fingerprint density at radius 2 is 1.80 bits per heavy atom. The first-order valence-corrected chi connectivity index (χ1v) is 16.6. The highest BCUT2D eigenvalue weighted by Crippen LogP contribution is 2.37. The quantitative estimate of drug-likeness (QED) is 0.193. The Bertz CT molecular complexity index is 1500. The van der Waals surface area contributed by atoms with Crippen LogP contribution in [0.2, 0.25) is 30.7 Å². The third-order valence-electron chi connectivity index (χ3n) is 6.23. The second kappa shape index (κ2) is 12.7. The minimum absolute atomic E-state index is 0.00348. The Hall–Kier alpha value is -3.88. The van der Waals surface area contributed by atoms with Crippen LogP contribution in [0.3, 0.4) is 0 Å². The fourth-order valence-corrected chi connectivity index (χ4v) is 4.96. The van der Waals surface area contributed by atoms with Gasteiger partial charge in [0.1, 0.15) is 11.4 Å². The number of anilines is 1. The summed E-state index contributed by atoms with van der Waals surface area (Å²) in [6.45, 7) is 6.69. The molecule has 0 atom stereocenters. The number of hydrogen-bond donors (Lipinski definition) is 0. The van der Waals surface area contributed by atoms with E-state index in [-0.39, 0.29) is 45.9 Å². The number of benzene rings is 2. The lowest BCUT2D eigenvalue weighted by Gasteiger charge is -2.22. The van der Waals surface area contributed by atoms with Crippen LogP contribution in [0.25, 0.3) is 11.1 Å². The molecule has 0 saturated carbocycles. The van der Waals surface area contributed by atoms with Gasteiger partial charge in [-0.15, -0.1) is 0 Å². The van der Waals surface area contributed by atoms with Gasteiger partial charge in [0.25, 0.3) is 5.91 Å². The van der Waals surface area contributed by atoms with Crippen LogP contribution in [-0.2, 0) is 22.1 Å². The van der Waals surface area contributed by atoms with Crippen molar-refractivity contribution in [2.75, 3.05) is 25.7 Å². The highest BCUT2D eigenvalue weighted by molar-refractivity contribution is 6.76. The molecule has 7 nitrogen and oxygen atoms in total. The number of nitriles is 1. The maximum absolute atomic E-state index is 13.8. The topological polar surface area (TPSA) is 92.5 Å². The number of hydrogen-bond acceptors (Lipinski definition) is 6. The van der Waals surface area contributed by atoms with Crippen LogP contribution in [0.1, 0.15) is 27.2 Å². The van der Waals surface area contributed by atoms with Gasteiger partial charge < -0.3 is 14.4 Å². The van der Waals surface area contributed by atoms with Crippen LogP contribution in [-0.4, -0.2) is 45.7 Å². The van der Waals surface area contributed by atoms with E-state index in [4.69, 9.17) is 21.1 Å². The lowest BCUT2D eigenvalue weighted by atomic mass is 9.94. The first kappa shape index (κ1) is 31.6. The van der Waals surface area contributed by atoms with E-state index < -0.39 is 31.8 Å². The number of esters is 1. The fourth-order valence-electron chi connectivity index (χ4n) is 3.96. The van der Waals surface area contributed by atoms with Crippen LogP contribution >= 0.6 is 11.6 Å². The number of aromatic nitrogens is 1. The van der Waals surface area contributed by atoms with E-state index in [2.05, 4.69) is 24.6 Å². The first-order valence-electron chi connectivity index (χ1n) is 12.5. The monoisotopic (exact) mass is 603 g/mol. The molecular weight excluding hydrogens is 575 g/mol. The standard InChI is InChI=1S/C29H29ClF3N3O4Si/c1-36(24-8-6-7-9-25(24)39-2)28(38)20-15-21(22-17-35-26(29(31,32)33)13-19(22)16-34)23(30)12-18(20)14-27(37)40-10-11-41(3,4)5/h6-9,12-13,15,17H,10-11,14H2,1-5H3. The van der Waals surface area contributed by atoms with Gasteiger partial charge in [-0.1, -0.05) is 43.4 Å². The number of para-hydroxylation sites is 2. The van der Waals surface area contributed by atoms with Gasteiger partial charge in [0.2, 0.25) is 0 Å². The molecule has 0 saturated heterocycles. The van der Waals surface area contributed by atoms with Gasteiger partial charge in [0, 0.05) is 43.0 Å². The Labute approximate surface area is 242 Å². The molecule has 0 spiro atoms. The average molecular weight is 604 g/mol. The highest BCUT2D eigenvalue weighted by Gasteiger charge is 2.33. The Morgan fingerprint density at radius 3 is 2.41 bits per heavy atom. The molecule has 41 heavy (non-hydrogen) atoms. The van der Waals surface area contributed by atoms with Crippen LogP contribution in [0.5, 0.6) is 5.75 Å². The second-order valence-electron chi connectivity index (χ2n) is 10.5. The van der Waals surface area contributed by atoms with Gasteiger partial charge in [0.15, 0.2) is 0 Å². The van der Waals surface area contributed by atoms with E-state index in [9.17, 15) is 28.0 Å². The fraction of sp³-hybridized carbons (Fsp3) is 0.310. The molecule has 0 unspecified atom stereocenters. The van der Waals surface area contributed by atoms with Crippen molar-refractivity contribution in [1.82, 2.24) is 4.98 Å². The van der Waals surface area contributed by atoms with Crippen LogP contribution < -0.4 is 9.64 Å². The predicted octanol–water partition coefficient (Wildman–Crippen LogP) is 7.00. The lowest BCUT2D eigenvalue weighted by Crippen LogP contribution is -2.28. The summed E-state index contributed by atoms with van der Waals surface area (Å²) in [6.07, 6.45) is -4.14. The number of carbonyl (C=O) groups excluding carboxylic acids is 2. The molecule has 1 aromatic heterocycles. The molecule has 1 amide bonds. The molecular formula is C29H29ClF3N3O4Si. The number of carbonyl (C=O) groups is 2. The highest BCUT2D eigenvalue weighted by atomic mass is 35.5. The van der Waals surface area contributed by atoms with Crippen LogP contribution in [0.4, 0.5) is 18.9 Å². The molecule has 0 aliphatic carbocycles. The Balaban J connectivity index is 2.12. The van der Waals surface area contributed by atoms with Crippen molar-refractivity contribution in [3.63, 3.8) is 0 Å². The number of amides is 1. The van der Waals surface area contributed by atoms with Crippen molar-refractivity contribution >= 4 is 37.2 Å². The van der Waals surface area contributed by atoms with Gasteiger partial charge in [-0.3, -0.25) is 14.6 Å².